The van der Waals surface area contributed by atoms with Crippen LogP contribution in [0.15, 0.2) is 24.3 Å². The number of fused-ring (bicyclic) bond motifs is 2. The van der Waals surface area contributed by atoms with Crippen LogP contribution in [0.5, 0.6) is 0 Å². The van der Waals surface area contributed by atoms with Crippen molar-refractivity contribution < 1.29 is 4.79 Å². The number of amides is 1. The quantitative estimate of drug-likeness (QED) is 0.904. The molecule has 0 saturated heterocycles. The average Bonchev–Trinajstić information content (AvgIpc) is 3.17. The Morgan fingerprint density at radius 3 is 2.57 bits per heavy atom. The number of hydrogen-bond donors (Lipinski definition) is 1. The van der Waals surface area contributed by atoms with Crippen LogP contribution >= 0.6 is 0 Å². The van der Waals surface area contributed by atoms with Crippen molar-refractivity contribution in [2.45, 2.75) is 69.2 Å². The molecule has 0 aromatic heterocycles. The zero-order chi connectivity index (χ0) is 15.9. The van der Waals surface area contributed by atoms with Gasteiger partial charge in [0.2, 0.25) is 5.91 Å². The predicted molar refractivity (Wildman–Crippen MR) is 93.5 cm³/mol. The molecule has 1 aliphatic heterocycles. The summed E-state index contributed by atoms with van der Waals surface area (Å²) in [5.41, 5.74) is 8.86. The normalized spacial score (nSPS) is 29.0. The summed E-state index contributed by atoms with van der Waals surface area (Å²) in [6, 6.07) is 8.97. The Morgan fingerprint density at radius 2 is 1.83 bits per heavy atom. The second-order valence-electron chi connectivity index (χ2n) is 7.97. The van der Waals surface area contributed by atoms with E-state index in [9.17, 15) is 4.79 Å². The third-order valence-corrected chi connectivity index (χ3v) is 6.44. The first kappa shape index (κ1) is 15.2. The SMILES string of the molecule is NC1CCC(CC(=O)N2CC3(CCCC3)c3ccccc32)CC1. The van der Waals surface area contributed by atoms with E-state index in [1.54, 1.807) is 0 Å². The third kappa shape index (κ3) is 2.69. The van der Waals surface area contributed by atoms with Crippen LogP contribution in [0, 0.1) is 5.92 Å². The standard InChI is InChI=1S/C20H28N2O/c21-16-9-7-15(8-10-16)13-19(23)22-14-20(11-3-4-12-20)17-5-1-2-6-18(17)22/h1-2,5-6,15-16H,3-4,7-14,21H2. The molecule has 2 saturated carbocycles. The molecule has 0 bridgehead atoms. The summed E-state index contributed by atoms with van der Waals surface area (Å²) in [6.45, 7) is 0.914. The van der Waals surface area contributed by atoms with Crippen LogP contribution in [0.4, 0.5) is 5.69 Å². The Balaban J connectivity index is 1.52. The van der Waals surface area contributed by atoms with E-state index >= 15 is 0 Å². The number of anilines is 1. The molecule has 2 aliphatic carbocycles. The molecule has 3 nitrogen and oxygen atoms in total. The first-order chi connectivity index (χ1) is 11.2. The van der Waals surface area contributed by atoms with Crippen molar-refractivity contribution in [2.75, 3.05) is 11.4 Å². The molecule has 3 aliphatic rings. The maximum absolute atomic E-state index is 13.0. The van der Waals surface area contributed by atoms with Gasteiger partial charge >= 0.3 is 0 Å². The highest BCUT2D eigenvalue weighted by atomic mass is 16.2. The number of carbonyl (C=O) groups is 1. The van der Waals surface area contributed by atoms with Crippen LogP contribution in [-0.4, -0.2) is 18.5 Å². The molecule has 4 rings (SSSR count). The van der Waals surface area contributed by atoms with E-state index in [-0.39, 0.29) is 5.41 Å². The molecule has 0 radical (unpaired) electrons. The van der Waals surface area contributed by atoms with Crippen molar-refractivity contribution in [3.05, 3.63) is 29.8 Å². The van der Waals surface area contributed by atoms with E-state index in [1.807, 2.05) is 0 Å². The van der Waals surface area contributed by atoms with Gasteiger partial charge in [-0.3, -0.25) is 4.79 Å². The minimum Gasteiger partial charge on any atom is -0.328 e. The largest absolute Gasteiger partial charge is 0.328 e. The highest BCUT2D eigenvalue weighted by Crippen LogP contribution is 2.50. The van der Waals surface area contributed by atoms with Crippen LogP contribution in [0.25, 0.3) is 0 Å². The Morgan fingerprint density at radius 1 is 1.13 bits per heavy atom. The Kier molecular flexibility index (Phi) is 3.92. The van der Waals surface area contributed by atoms with E-state index in [0.717, 1.165) is 32.2 Å². The summed E-state index contributed by atoms with van der Waals surface area (Å²) in [6.07, 6.45) is 10.2. The van der Waals surface area contributed by atoms with Crippen molar-refractivity contribution in [1.29, 1.82) is 0 Å². The maximum Gasteiger partial charge on any atom is 0.227 e. The lowest BCUT2D eigenvalue weighted by Crippen LogP contribution is -2.37. The van der Waals surface area contributed by atoms with Crippen LogP contribution in [0.3, 0.4) is 0 Å². The molecule has 1 heterocycles. The van der Waals surface area contributed by atoms with Gasteiger partial charge in [0, 0.05) is 30.1 Å². The van der Waals surface area contributed by atoms with Gasteiger partial charge < -0.3 is 10.6 Å². The average molecular weight is 312 g/mol. The molecular weight excluding hydrogens is 284 g/mol. The Bertz CT molecular complexity index is 583. The first-order valence-corrected chi connectivity index (χ1v) is 9.33. The molecule has 124 valence electrons. The van der Waals surface area contributed by atoms with Gasteiger partial charge in [-0.2, -0.15) is 0 Å². The Hall–Kier alpha value is -1.35. The van der Waals surface area contributed by atoms with Crippen LogP contribution < -0.4 is 10.6 Å². The number of nitrogens with two attached hydrogens (primary N) is 1. The summed E-state index contributed by atoms with van der Waals surface area (Å²) >= 11 is 0. The van der Waals surface area contributed by atoms with Gasteiger partial charge in [-0.05, 0) is 56.1 Å². The molecule has 23 heavy (non-hydrogen) atoms. The second-order valence-corrected chi connectivity index (χ2v) is 7.97. The topological polar surface area (TPSA) is 46.3 Å². The lowest BCUT2D eigenvalue weighted by molar-refractivity contribution is -0.119. The molecule has 2 fully saturated rings. The van der Waals surface area contributed by atoms with E-state index in [1.165, 1.54) is 36.9 Å². The minimum atomic E-state index is 0.251. The fourth-order valence-corrected chi connectivity index (χ4v) is 5.08. The number of para-hydroxylation sites is 1. The highest BCUT2D eigenvalue weighted by molar-refractivity contribution is 5.96. The molecule has 0 unspecified atom stereocenters. The summed E-state index contributed by atoms with van der Waals surface area (Å²) < 4.78 is 0. The van der Waals surface area contributed by atoms with E-state index in [0.29, 0.717) is 24.3 Å². The zero-order valence-corrected chi connectivity index (χ0v) is 14.0. The van der Waals surface area contributed by atoms with Gasteiger partial charge in [0.1, 0.15) is 0 Å². The summed E-state index contributed by atoms with van der Waals surface area (Å²) in [7, 11) is 0. The summed E-state index contributed by atoms with van der Waals surface area (Å²) in [5.74, 6) is 0.872. The molecule has 1 aromatic rings. The molecule has 0 atom stereocenters. The molecular formula is C20H28N2O. The number of nitrogens with zero attached hydrogens (tertiary/aromatic N) is 1. The van der Waals surface area contributed by atoms with Gasteiger partial charge in [0.15, 0.2) is 0 Å². The van der Waals surface area contributed by atoms with Gasteiger partial charge in [0.05, 0.1) is 0 Å². The summed E-state index contributed by atoms with van der Waals surface area (Å²) in [4.78, 5) is 15.1. The molecule has 3 heteroatoms. The molecule has 1 spiro atoms. The van der Waals surface area contributed by atoms with Crippen LogP contribution in [-0.2, 0) is 10.2 Å². The molecule has 2 N–H and O–H groups in total. The monoisotopic (exact) mass is 312 g/mol. The van der Waals surface area contributed by atoms with E-state index in [4.69, 9.17) is 5.73 Å². The molecule has 1 amide bonds. The zero-order valence-electron chi connectivity index (χ0n) is 14.0. The summed E-state index contributed by atoms with van der Waals surface area (Å²) in [5, 5.41) is 0. The van der Waals surface area contributed by atoms with Crippen molar-refractivity contribution in [3.8, 4) is 0 Å². The van der Waals surface area contributed by atoms with E-state index in [2.05, 4.69) is 29.2 Å². The van der Waals surface area contributed by atoms with Crippen LogP contribution in [0.1, 0.15) is 63.4 Å². The third-order valence-electron chi connectivity index (χ3n) is 6.44. The number of hydrogen-bond acceptors (Lipinski definition) is 2. The first-order valence-electron chi connectivity index (χ1n) is 9.33. The van der Waals surface area contributed by atoms with Crippen molar-refractivity contribution in [3.63, 3.8) is 0 Å². The van der Waals surface area contributed by atoms with Gasteiger partial charge in [-0.25, -0.2) is 0 Å². The van der Waals surface area contributed by atoms with Crippen molar-refractivity contribution >= 4 is 11.6 Å². The number of rotatable bonds is 2. The fourth-order valence-electron chi connectivity index (χ4n) is 5.08. The van der Waals surface area contributed by atoms with Crippen molar-refractivity contribution in [1.82, 2.24) is 0 Å². The molecule has 1 aromatic carbocycles. The number of benzene rings is 1. The lowest BCUT2D eigenvalue weighted by atomic mass is 9.81. The number of carbonyl (C=O) groups excluding carboxylic acids is 1. The smallest absolute Gasteiger partial charge is 0.227 e. The van der Waals surface area contributed by atoms with Crippen molar-refractivity contribution in [2.24, 2.45) is 11.7 Å². The fraction of sp³-hybridized carbons (Fsp3) is 0.650. The van der Waals surface area contributed by atoms with Gasteiger partial charge in [-0.1, -0.05) is 31.0 Å². The lowest BCUT2D eigenvalue weighted by Gasteiger charge is -2.28. The second kappa shape index (κ2) is 5.94. The van der Waals surface area contributed by atoms with Gasteiger partial charge in [-0.15, -0.1) is 0 Å². The predicted octanol–water partition coefficient (Wildman–Crippen LogP) is 3.75. The Labute approximate surface area is 139 Å². The van der Waals surface area contributed by atoms with Crippen LogP contribution in [0.2, 0.25) is 0 Å². The van der Waals surface area contributed by atoms with E-state index < -0.39 is 0 Å². The minimum absolute atomic E-state index is 0.251. The highest BCUT2D eigenvalue weighted by Gasteiger charge is 2.46. The van der Waals surface area contributed by atoms with Gasteiger partial charge in [0.25, 0.3) is 0 Å². The maximum atomic E-state index is 13.0.